The zero-order valence-electron chi connectivity index (χ0n) is 14.4. The first kappa shape index (κ1) is 18.2. The van der Waals surface area contributed by atoms with E-state index in [-0.39, 0.29) is 6.54 Å². The second-order valence-electron chi connectivity index (χ2n) is 6.21. The Morgan fingerprint density at radius 3 is 2.35 bits per heavy atom. The smallest absolute Gasteiger partial charge is 0.257 e. The van der Waals surface area contributed by atoms with Crippen LogP contribution >= 0.6 is 11.3 Å². The molecule has 0 atom stereocenters. The van der Waals surface area contributed by atoms with Gasteiger partial charge < -0.3 is 5.32 Å². The summed E-state index contributed by atoms with van der Waals surface area (Å²) in [6, 6.07) is 10.9. The molecule has 6 heteroatoms. The van der Waals surface area contributed by atoms with Gasteiger partial charge in [-0.2, -0.15) is 0 Å². The Balaban J connectivity index is 1.67. The zero-order chi connectivity index (χ0) is 18.7. The topological polar surface area (TPSA) is 42.0 Å². The van der Waals surface area contributed by atoms with Crippen molar-refractivity contribution < 1.29 is 13.6 Å². The van der Waals surface area contributed by atoms with Crippen LogP contribution in [0.2, 0.25) is 0 Å². The monoisotopic (exact) mass is 372 g/mol. The van der Waals surface area contributed by atoms with Gasteiger partial charge in [0.2, 0.25) is 0 Å². The maximum absolute atomic E-state index is 13.6. The third kappa shape index (κ3) is 3.96. The summed E-state index contributed by atoms with van der Waals surface area (Å²) in [6.07, 6.45) is 0. The van der Waals surface area contributed by atoms with E-state index >= 15 is 0 Å². The molecule has 0 saturated carbocycles. The zero-order valence-corrected chi connectivity index (χ0v) is 15.2. The van der Waals surface area contributed by atoms with E-state index in [0.717, 1.165) is 34.0 Å². The molecule has 0 bridgehead atoms. The van der Waals surface area contributed by atoms with Crippen LogP contribution in [0.4, 0.5) is 8.78 Å². The summed E-state index contributed by atoms with van der Waals surface area (Å²) in [5.41, 5.74) is 2.33. The number of carbonyl (C=O) groups is 1. The molecule has 0 saturated heterocycles. The van der Waals surface area contributed by atoms with Gasteiger partial charge >= 0.3 is 0 Å². The van der Waals surface area contributed by atoms with E-state index in [4.69, 9.17) is 0 Å². The number of halogens is 2. The molecule has 3 nitrogen and oxygen atoms in total. The Bertz CT molecular complexity index is 900. The highest BCUT2D eigenvalue weighted by Gasteiger charge is 2.16. The molecule has 0 aliphatic heterocycles. The standard InChI is InChI=1S/C20H18F2N2OS/c1-12(2)17-11-26-20(24-17)14-8-6-13(7-9-14)10-23-19(25)18-15(21)4-3-5-16(18)22/h3-9,11-12H,10H2,1-2H3,(H,23,25). The molecule has 2 aromatic carbocycles. The van der Waals surface area contributed by atoms with Gasteiger partial charge in [-0.15, -0.1) is 11.3 Å². The molecular formula is C20H18F2N2OS. The molecule has 3 rings (SSSR count). The molecule has 0 aliphatic carbocycles. The fraction of sp³-hybridized carbons (Fsp3) is 0.200. The van der Waals surface area contributed by atoms with E-state index in [1.165, 1.54) is 6.07 Å². The number of amides is 1. The van der Waals surface area contributed by atoms with Gasteiger partial charge in [0.25, 0.3) is 5.91 Å². The van der Waals surface area contributed by atoms with Crippen molar-refractivity contribution in [3.8, 4) is 10.6 Å². The first-order valence-electron chi connectivity index (χ1n) is 8.22. The van der Waals surface area contributed by atoms with E-state index in [2.05, 4.69) is 29.5 Å². The number of hydrogen-bond donors (Lipinski definition) is 1. The highest BCUT2D eigenvalue weighted by Crippen LogP contribution is 2.27. The average Bonchev–Trinajstić information content (AvgIpc) is 3.11. The predicted molar refractivity (Wildman–Crippen MR) is 99.2 cm³/mol. The highest BCUT2D eigenvalue weighted by molar-refractivity contribution is 7.13. The Labute approximate surface area is 154 Å². The normalized spacial score (nSPS) is 11.0. The molecule has 0 spiro atoms. The van der Waals surface area contributed by atoms with Crippen LogP contribution in [0, 0.1) is 11.6 Å². The Morgan fingerprint density at radius 2 is 1.77 bits per heavy atom. The molecule has 0 radical (unpaired) electrons. The number of carbonyl (C=O) groups excluding carboxylic acids is 1. The lowest BCUT2D eigenvalue weighted by Crippen LogP contribution is -2.25. The van der Waals surface area contributed by atoms with Gasteiger partial charge in [0.1, 0.15) is 22.2 Å². The summed E-state index contributed by atoms with van der Waals surface area (Å²) in [4.78, 5) is 16.6. The van der Waals surface area contributed by atoms with Gasteiger partial charge in [-0.3, -0.25) is 4.79 Å². The van der Waals surface area contributed by atoms with Crippen LogP contribution in [0.5, 0.6) is 0 Å². The van der Waals surface area contributed by atoms with Gasteiger partial charge in [-0.05, 0) is 23.6 Å². The molecule has 0 aliphatic rings. The largest absolute Gasteiger partial charge is 0.348 e. The molecule has 1 heterocycles. The van der Waals surface area contributed by atoms with Crippen molar-refractivity contribution in [3.63, 3.8) is 0 Å². The molecule has 0 unspecified atom stereocenters. The van der Waals surface area contributed by atoms with Crippen LogP contribution in [0.1, 0.15) is 41.4 Å². The number of nitrogens with one attached hydrogen (secondary N) is 1. The van der Waals surface area contributed by atoms with Crippen LogP contribution in [0.15, 0.2) is 47.8 Å². The molecule has 3 aromatic rings. The number of nitrogens with zero attached hydrogens (tertiary/aromatic N) is 1. The van der Waals surface area contributed by atoms with Crippen molar-refractivity contribution in [2.24, 2.45) is 0 Å². The number of benzene rings is 2. The molecule has 134 valence electrons. The predicted octanol–water partition coefficient (Wildman–Crippen LogP) is 5.14. The number of aromatic nitrogens is 1. The minimum absolute atomic E-state index is 0.183. The summed E-state index contributed by atoms with van der Waals surface area (Å²) in [6.45, 7) is 4.38. The maximum Gasteiger partial charge on any atom is 0.257 e. The SMILES string of the molecule is CC(C)c1csc(-c2ccc(CNC(=O)c3c(F)cccc3F)cc2)n1. The van der Waals surface area contributed by atoms with E-state index in [1.54, 1.807) is 11.3 Å². The summed E-state index contributed by atoms with van der Waals surface area (Å²) < 4.78 is 27.2. The fourth-order valence-corrected chi connectivity index (χ4v) is 3.42. The lowest BCUT2D eigenvalue weighted by molar-refractivity contribution is 0.0942. The lowest BCUT2D eigenvalue weighted by Gasteiger charge is -2.07. The second-order valence-corrected chi connectivity index (χ2v) is 7.07. The van der Waals surface area contributed by atoms with E-state index in [1.807, 2.05) is 24.3 Å². The fourth-order valence-electron chi connectivity index (χ4n) is 2.43. The first-order chi connectivity index (χ1) is 12.5. The summed E-state index contributed by atoms with van der Waals surface area (Å²) >= 11 is 1.59. The third-order valence-electron chi connectivity index (χ3n) is 3.96. The third-order valence-corrected chi connectivity index (χ3v) is 4.87. The van der Waals surface area contributed by atoms with Crippen LogP contribution < -0.4 is 5.32 Å². The van der Waals surface area contributed by atoms with Gasteiger partial charge in [0, 0.05) is 17.5 Å². The molecular weight excluding hydrogens is 354 g/mol. The summed E-state index contributed by atoms with van der Waals surface area (Å²) in [5, 5.41) is 5.54. The van der Waals surface area contributed by atoms with Crippen molar-refractivity contribution in [1.29, 1.82) is 0 Å². The average molecular weight is 372 g/mol. The Kier molecular flexibility index (Phi) is 5.42. The van der Waals surface area contributed by atoms with Gasteiger partial charge in [0.15, 0.2) is 0 Å². The van der Waals surface area contributed by atoms with Crippen molar-refractivity contribution in [2.75, 3.05) is 0 Å². The van der Waals surface area contributed by atoms with Crippen molar-refractivity contribution in [2.45, 2.75) is 26.3 Å². The van der Waals surface area contributed by atoms with Gasteiger partial charge in [0.05, 0.1) is 5.69 Å². The summed E-state index contributed by atoms with van der Waals surface area (Å²) in [7, 11) is 0. The lowest BCUT2D eigenvalue weighted by atomic mass is 10.1. The molecule has 1 aromatic heterocycles. The van der Waals surface area contributed by atoms with E-state index in [0.29, 0.717) is 5.92 Å². The highest BCUT2D eigenvalue weighted by atomic mass is 32.1. The van der Waals surface area contributed by atoms with Crippen LogP contribution in [0.25, 0.3) is 10.6 Å². The first-order valence-corrected chi connectivity index (χ1v) is 9.10. The van der Waals surface area contributed by atoms with Crippen molar-refractivity contribution >= 4 is 17.2 Å². The van der Waals surface area contributed by atoms with Crippen molar-refractivity contribution in [1.82, 2.24) is 10.3 Å². The minimum atomic E-state index is -0.873. The minimum Gasteiger partial charge on any atom is -0.348 e. The number of rotatable bonds is 5. The summed E-state index contributed by atoms with van der Waals surface area (Å²) in [5.74, 6) is -2.13. The quantitative estimate of drug-likeness (QED) is 0.674. The van der Waals surface area contributed by atoms with Crippen LogP contribution in [-0.4, -0.2) is 10.9 Å². The Hall–Kier alpha value is -2.60. The van der Waals surface area contributed by atoms with Crippen LogP contribution in [-0.2, 0) is 6.54 Å². The second kappa shape index (κ2) is 7.74. The van der Waals surface area contributed by atoms with Gasteiger partial charge in [-0.1, -0.05) is 44.2 Å². The number of hydrogen-bond acceptors (Lipinski definition) is 3. The van der Waals surface area contributed by atoms with Crippen molar-refractivity contribution in [3.05, 3.63) is 76.3 Å². The van der Waals surface area contributed by atoms with E-state index < -0.39 is 23.1 Å². The Morgan fingerprint density at radius 1 is 1.12 bits per heavy atom. The molecule has 0 fully saturated rings. The van der Waals surface area contributed by atoms with Gasteiger partial charge in [-0.25, -0.2) is 13.8 Å². The van der Waals surface area contributed by atoms with E-state index in [9.17, 15) is 13.6 Å². The number of thiazole rings is 1. The maximum atomic E-state index is 13.6. The molecule has 1 amide bonds. The molecule has 26 heavy (non-hydrogen) atoms. The van der Waals surface area contributed by atoms with Crippen LogP contribution in [0.3, 0.4) is 0 Å². The molecule has 1 N–H and O–H groups in total.